The molecule has 1 saturated heterocycles. The lowest BCUT2D eigenvalue weighted by Gasteiger charge is -2.52. The van der Waals surface area contributed by atoms with Crippen LogP contribution < -0.4 is 4.74 Å². The van der Waals surface area contributed by atoms with Crippen LogP contribution in [0.15, 0.2) is 12.1 Å². The Hall–Kier alpha value is -1.70. The third kappa shape index (κ3) is 3.38. The lowest BCUT2D eigenvalue weighted by atomic mass is 9.68. The summed E-state index contributed by atoms with van der Waals surface area (Å²) in [6.45, 7) is 1.08. The normalized spacial score (nSPS) is 20.8. The van der Waals surface area contributed by atoms with Crippen LogP contribution in [0.25, 0.3) is 0 Å². The molecule has 1 amide bonds. The number of halogens is 4. The van der Waals surface area contributed by atoms with Crippen molar-refractivity contribution in [2.45, 2.75) is 38.0 Å². The first-order valence-corrected chi connectivity index (χ1v) is 7.95. The molecule has 0 atom stereocenters. The van der Waals surface area contributed by atoms with Crippen LogP contribution in [0.1, 0.15) is 31.2 Å². The predicted octanol–water partition coefficient (Wildman–Crippen LogP) is 4.06. The van der Waals surface area contributed by atoms with Gasteiger partial charge in [0.1, 0.15) is 11.3 Å². The van der Waals surface area contributed by atoms with E-state index in [4.69, 9.17) is 21.4 Å². The summed E-state index contributed by atoms with van der Waals surface area (Å²) in [6, 6.07) is 2.04. The van der Waals surface area contributed by atoms with E-state index in [9.17, 15) is 18.0 Å². The molecule has 1 spiro atoms. The topological polar surface area (TPSA) is 62.7 Å². The molecular formula is C15H16ClF3N2O3. The third-order valence-corrected chi connectivity index (χ3v) is 5.02. The monoisotopic (exact) mass is 364 g/mol. The van der Waals surface area contributed by atoms with Crippen LogP contribution in [-0.4, -0.2) is 40.3 Å². The summed E-state index contributed by atoms with van der Waals surface area (Å²) in [6.07, 6.45) is -2.50. The van der Waals surface area contributed by atoms with Crippen LogP contribution in [-0.2, 0) is 6.18 Å². The highest BCUT2D eigenvalue weighted by Crippen LogP contribution is 2.44. The molecule has 1 aliphatic carbocycles. The van der Waals surface area contributed by atoms with E-state index in [2.05, 4.69) is 4.98 Å². The maximum atomic E-state index is 12.6. The van der Waals surface area contributed by atoms with E-state index in [0.717, 1.165) is 18.9 Å². The number of nitrogens with zero attached hydrogens (tertiary/aromatic N) is 2. The van der Waals surface area contributed by atoms with E-state index in [0.29, 0.717) is 25.9 Å². The van der Waals surface area contributed by atoms with Crippen molar-refractivity contribution >= 4 is 17.7 Å². The molecule has 1 N–H and O–H groups in total. The number of likely N-dealkylation sites (tertiary alicyclic amines) is 1. The lowest BCUT2D eigenvalue weighted by molar-refractivity contribution is -0.137. The number of hydrogen-bond acceptors (Lipinski definition) is 3. The molecule has 1 aromatic heterocycles. The van der Waals surface area contributed by atoms with Crippen molar-refractivity contribution in [3.05, 3.63) is 22.8 Å². The van der Waals surface area contributed by atoms with E-state index in [-0.39, 0.29) is 17.4 Å². The number of carboxylic acid groups (broad SMARTS) is 1. The molecule has 0 bridgehead atoms. The summed E-state index contributed by atoms with van der Waals surface area (Å²) >= 11 is 5.58. The van der Waals surface area contributed by atoms with Crippen molar-refractivity contribution in [2.75, 3.05) is 13.1 Å². The van der Waals surface area contributed by atoms with Crippen molar-refractivity contribution in [3.63, 3.8) is 0 Å². The minimum absolute atomic E-state index is 0.0312. The average molecular weight is 365 g/mol. The minimum atomic E-state index is -4.54. The molecule has 2 fully saturated rings. The van der Waals surface area contributed by atoms with Crippen molar-refractivity contribution < 1.29 is 27.8 Å². The van der Waals surface area contributed by atoms with Crippen LogP contribution in [0, 0.1) is 5.41 Å². The summed E-state index contributed by atoms with van der Waals surface area (Å²) in [5.74, 6) is 0.0784. The molecule has 132 valence electrons. The largest absolute Gasteiger partial charge is 0.474 e. The van der Waals surface area contributed by atoms with Gasteiger partial charge in [-0.25, -0.2) is 9.78 Å². The maximum absolute atomic E-state index is 12.6. The number of amides is 1. The van der Waals surface area contributed by atoms with E-state index in [1.165, 1.54) is 11.0 Å². The summed E-state index contributed by atoms with van der Waals surface area (Å²) in [5.41, 5.74) is -0.953. The van der Waals surface area contributed by atoms with Gasteiger partial charge in [-0.3, -0.25) is 0 Å². The Morgan fingerprint density at radius 1 is 1.33 bits per heavy atom. The molecule has 1 saturated carbocycles. The molecule has 9 heteroatoms. The van der Waals surface area contributed by atoms with Crippen LogP contribution in [0.5, 0.6) is 5.88 Å². The fourth-order valence-electron chi connectivity index (χ4n) is 3.40. The van der Waals surface area contributed by atoms with Crippen LogP contribution in [0.2, 0.25) is 5.15 Å². The van der Waals surface area contributed by atoms with E-state index < -0.39 is 23.0 Å². The zero-order chi connectivity index (χ0) is 17.5. The number of aromatic nitrogens is 1. The zero-order valence-corrected chi connectivity index (χ0v) is 13.4. The highest BCUT2D eigenvalue weighted by molar-refractivity contribution is 6.30. The highest BCUT2D eigenvalue weighted by atomic mass is 35.5. The van der Waals surface area contributed by atoms with Gasteiger partial charge in [-0.05, 0) is 31.7 Å². The summed E-state index contributed by atoms with van der Waals surface area (Å²) in [5, 5.41) is 8.28. The third-order valence-electron chi connectivity index (χ3n) is 4.73. The van der Waals surface area contributed by atoms with Gasteiger partial charge in [-0.1, -0.05) is 11.6 Å². The maximum Gasteiger partial charge on any atom is 0.419 e. The second kappa shape index (κ2) is 5.98. The predicted molar refractivity (Wildman–Crippen MR) is 79.2 cm³/mol. The lowest BCUT2D eigenvalue weighted by Crippen LogP contribution is -2.59. The van der Waals surface area contributed by atoms with Crippen molar-refractivity contribution in [1.82, 2.24) is 9.88 Å². The molecule has 5 nitrogen and oxygen atoms in total. The van der Waals surface area contributed by atoms with Crippen molar-refractivity contribution in [2.24, 2.45) is 5.41 Å². The Morgan fingerprint density at radius 2 is 1.96 bits per heavy atom. The quantitative estimate of drug-likeness (QED) is 0.804. The van der Waals surface area contributed by atoms with Crippen LogP contribution in [0.3, 0.4) is 0 Å². The Morgan fingerprint density at radius 3 is 2.46 bits per heavy atom. The Kier molecular flexibility index (Phi) is 4.27. The first-order chi connectivity index (χ1) is 11.2. The van der Waals surface area contributed by atoms with Crippen molar-refractivity contribution in [1.29, 1.82) is 0 Å². The van der Waals surface area contributed by atoms with E-state index >= 15 is 0 Å². The Balaban J connectivity index is 1.55. The van der Waals surface area contributed by atoms with Gasteiger partial charge in [0, 0.05) is 24.6 Å². The van der Waals surface area contributed by atoms with Crippen molar-refractivity contribution in [3.8, 4) is 5.88 Å². The summed E-state index contributed by atoms with van der Waals surface area (Å²) in [7, 11) is 0. The Bertz CT molecular complexity index is 637. The molecule has 3 rings (SSSR count). The first kappa shape index (κ1) is 17.1. The fourth-order valence-corrected chi connectivity index (χ4v) is 3.66. The Labute approximate surface area is 141 Å². The van der Waals surface area contributed by atoms with Crippen LogP contribution in [0.4, 0.5) is 18.0 Å². The highest BCUT2D eigenvalue weighted by Gasteiger charge is 2.47. The fraction of sp³-hybridized carbons (Fsp3) is 0.600. The average Bonchev–Trinajstić information content (AvgIpc) is 2.44. The van der Waals surface area contributed by atoms with Crippen LogP contribution >= 0.6 is 11.6 Å². The van der Waals surface area contributed by atoms with Gasteiger partial charge >= 0.3 is 12.3 Å². The second-order valence-corrected chi connectivity index (χ2v) is 6.80. The molecule has 0 radical (unpaired) electrons. The standard InChI is InChI=1S/C15H16ClF3N2O3/c16-12-10(15(17,18)19)1-2-11(20-12)24-9-3-5-14(6-4-9)7-21(8-14)13(22)23/h1-2,9H,3-8H2,(H,22,23). The van der Waals surface area contributed by atoms with E-state index in [1.54, 1.807) is 0 Å². The molecule has 1 aromatic rings. The number of rotatable bonds is 2. The number of alkyl halides is 3. The molecular weight excluding hydrogens is 349 g/mol. The van der Waals surface area contributed by atoms with Gasteiger partial charge in [0.15, 0.2) is 0 Å². The van der Waals surface area contributed by atoms with Gasteiger partial charge in [0.25, 0.3) is 0 Å². The zero-order valence-electron chi connectivity index (χ0n) is 12.6. The summed E-state index contributed by atoms with van der Waals surface area (Å²) in [4.78, 5) is 15.9. The molecule has 24 heavy (non-hydrogen) atoms. The summed E-state index contributed by atoms with van der Waals surface area (Å²) < 4.78 is 43.6. The van der Waals surface area contributed by atoms with Gasteiger partial charge in [-0.2, -0.15) is 13.2 Å². The number of carbonyl (C=O) groups is 1. The number of pyridine rings is 1. The van der Waals surface area contributed by atoms with E-state index in [1.807, 2.05) is 0 Å². The number of ether oxygens (including phenoxy) is 1. The molecule has 2 heterocycles. The minimum Gasteiger partial charge on any atom is -0.474 e. The number of hydrogen-bond donors (Lipinski definition) is 1. The van der Waals surface area contributed by atoms with Gasteiger partial charge < -0.3 is 14.7 Å². The smallest absolute Gasteiger partial charge is 0.419 e. The molecule has 1 aliphatic heterocycles. The molecule has 0 aromatic carbocycles. The second-order valence-electron chi connectivity index (χ2n) is 6.44. The van der Waals surface area contributed by atoms with Gasteiger partial charge in [0.2, 0.25) is 5.88 Å². The SMILES string of the molecule is O=C(O)N1CC2(CCC(Oc3ccc(C(F)(F)F)c(Cl)n3)CC2)C1. The first-order valence-electron chi connectivity index (χ1n) is 7.57. The van der Waals surface area contributed by atoms with Gasteiger partial charge in [0.05, 0.1) is 5.56 Å². The molecule has 0 unspecified atom stereocenters. The molecule has 2 aliphatic rings. The van der Waals surface area contributed by atoms with Gasteiger partial charge in [-0.15, -0.1) is 0 Å².